The molecule has 0 bridgehead atoms. The molecule has 1 saturated heterocycles. The van der Waals surface area contributed by atoms with Gasteiger partial charge in [0.05, 0.1) is 5.75 Å². The second-order valence-electron chi connectivity index (χ2n) is 5.74. The maximum Gasteiger partial charge on any atom is 0.234 e. The summed E-state index contributed by atoms with van der Waals surface area (Å²) in [6, 6.07) is 10.9. The fourth-order valence-electron chi connectivity index (χ4n) is 2.67. The third-order valence-electron chi connectivity index (χ3n) is 3.82. The van der Waals surface area contributed by atoms with Gasteiger partial charge in [0.25, 0.3) is 0 Å². The lowest BCUT2D eigenvalue weighted by Crippen LogP contribution is -2.27. The fourth-order valence-corrected chi connectivity index (χ4v) is 3.86. The van der Waals surface area contributed by atoms with Gasteiger partial charge in [-0.05, 0) is 35.4 Å². The number of benzene rings is 2. The molecule has 1 heterocycles. The number of thioether (sulfide) groups is 1. The van der Waals surface area contributed by atoms with Crippen LogP contribution in [0.5, 0.6) is 0 Å². The maximum atomic E-state index is 13.4. The van der Waals surface area contributed by atoms with Gasteiger partial charge < -0.3 is 10.2 Å². The summed E-state index contributed by atoms with van der Waals surface area (Å²) in [6.07, 6.45) is 0. The summed E-state index contributed by atoms with van der Waals surface area (Å²) >= 11 is 1.48. The van der Waals surface area contributed by atoms with Crippen molar-refractivity contribution in [1.29, 1.82) is 0 Å². The van der Waals surface area contributed by atoms with Gasteiger partial charge >= 0.3 is 0 Å². The van der Waals surface area contributed by atoms with E-state index in [9.17, 15) is 18.4 Å². The normalized spacial score (nSPS) is 17.0. The fraction of sp³-hybridized carbons (Fsp3) is 0.222. The summed E-state index contributed by atoms with van der Waals surface area (Å²) in [5.41, 5.74) is 2.12. The Morgan fingerprint density at radius 1 is 1.20 bits per heavy atom. The largest absolute Gasteiger partial charge is 0.326 e. The molecule has 0 aliphatic carbocycles. The maximum absolute atomic E-state index is 13.4. The Morgan fingerprint density at radius 2 is 1.92 bits per heavy atom. The average molecular weight is 362 g/mol. The predicted octanol–water partition coefficient (Wildman–Crippen LogP) is 3.70. The lowest BCUT2D eigenvalue weighted by molar-refractivity contribution is -0.128. The van der Waals surface area contributed by atoms with Crippen molar-refractivity contribution in [2.45, 2.75) is 18.8 Å². The minimum absolute atomic E-state index is 0.0503. The number of hydrogen-bond donors (Lipinski definition) is 1. The molecule has 0 radical (unpaired) electrons. The standard InChI is InChI=1S/C18H16F2N2O2S/c1-11(23)21-14-5-3-13(4-6-14)18-22(17(24)10-25-18)9-12-2-7-15(19)16(20)8-12/h2-8,18H,9-10H2,1H3,(H,21,23). The van der Waals surface area contributed by atoms with Crippen molar-refractivity contribution in [3.8, 4) is 0 Å². The van der Waals surface area contributed by atoms with E-state index < -0.39 is 11.6 Å². The molecule has 2 aromatic carbocycles. The van der Waals surface area contributed by atoms with Crippen LogP contribution in [-0.2, 0) is 16.1 Å². The summed E-state index contributed by atoms with van der Waals surface area (Å²) in [5.74, 6) is -1.70. The molecule has 2 aromatic rings. The molecule has 4 nitrogen and oxygen atoms in total. The molecule has 1 aliphatic rings. The molecule has 1 N–H and O–H groups in total. The van der Waals surface area contributed by atoms with Gasteiger partial charge in [-0.1, -0.05) is 18.2 Å². The van der Waals surface area contributed by atoms with Crippen LogP contribution in [0.4, 0.5) is 14.5 Å². The number of nitrogens with zero attached hydrogens (tertiary/aromatic N) is 1. The molecule has 0 spiro atoms. The number of rotatable bonds is 4. The summed E-state index contributed by atoms with van der Waals surface area (Å²) in [7, 11) is 0. The van der Waals surface area contributed by atoms with E-state index in [2.05, 4.69) is 5.32 Å². The van der Waals surface area contributed by atoms with Crippen molar-refractivity contribution in [3.63, 3.8) is 0 Å². The molecule has 3 rings (SSSR count). The van der Waals surface area contributed by atoms with E-state index in [-0.39, 0.29) is 23.7 Å². The lowest BCUT2D eigenvalue weighted by Gasteiger charge is -2.24. The number of halogens is 2. The first-order valence-electron chi connectivity index (χ1n) is 7.66. The van der Waals surface area contributed by atoms with E-state index in [1.165, 1.54) is 24.8 Å². The van der Waals surface area contributed by atoms with Crippen LogP contribution in [0.15, 0.2) is 42.5 Å². The molecule has 1 unspecified atom stereocenters. The van der Waals surface area contributed by atoms with Gasteiger partial charge in [-0.15, -0.1) is 11.8 Å². The van der Waals surface area contributed by atoms with Crippen molar-refractivity contribution in [3.05, 3.63) is 65.2 Å². The highest BCUT2D eigenvalue weighted by Gasteiger charge is 2.32. The van der Waals surface area contributed by atoms with Gasteiger partial charge in [-0.25, -0.2) is 8.78 Å². The van der Waals surface area contributed by atoms with Crippen LogP contribution in [0.25, 0.3) is 0 Å². The van der Waals surface area contributed by atoms with E-state index in [0.29, 0.717) is 17.0 Å². The molecule has 2 amide bonds. The topological polar surface area (TPSA) is 49.4 Å². The van der Waals surface area contributed by atoms with Crippen LogP contribution < -0.4 is 5.32 Å². The monoisotopic (exact) mass is 362 g/mol. The lowest BCUT2D eigenvalue weighted by atomic mass is 10.1. The second-order valence-corrected chi connectivity index (χ2v) is 6.81. The van der Waals surface area contributed by atoms with E-state index in [4.69, 9.17) is 0 Å². The van der Waals surface area contributed by atoms with Crippen molar-refractivity contribution < 1.29 is 18.4 Å². The molecule has 1 atom stereocenters. The third-order valence-corrected chi connectivity index (χ3v) is 5.08. The van der Waals surface area contributed by atoms with E-state index in [1.807, 2.05) is 12.1 Å². The first-order chi connectivity index (χ1) is 11.9. The van der Waals surface area contributed by atoms with Gasteiger partial charge in [0.1, 0.15) is 5.37 Å². The molecule has 25 heavy (non-hydrogen) atoms. The van der Waals surface area contributed by atoms with Crippen LogP contribution in [0, 0.1) is 11.6 Å². The van der Waals surface area contributed by atoms with Crippen LogP contribution >= 0.6 is 11.8 Å². The van der Waals surface area contributed by atoms with Gasteiger partial charge in [0, 0.05) is 19.2 Å². The second kappa shape index (κ2) is 7.23. The molecular formula is C18H16F2N2O2S. The first kappa shape index (κ1) is 17.4. The van der Waals surface area contributed by atoms with Crippen LogP contribution in [0.3, 0.4) is 0 Å². The Labute approximate surface area is 148 Å². The minimum Gasteiger partial charge on any atom is -0.326 e. The Kier molecular flexibility index (Phi) is 5.03. The van der Waals surface area contributed by atoms with Crippen LogP contribution in [0.1, 0.15) is 23.4 Å². The van der Waals surface area contributed by atoms with Gasteiger partial charge in [0.2, 0.25) is 11.8 Å². The average Bonchev–Trinajstić information content (AvgIpc) is 2.92. The Morgan fingerprint density at radius 3 is 2.56 bits per heavy atom. The highest BCUT2D eigenvalue weighted by atomic mass is 32.2. The Hall–Kier alpha value is -2.41. The third kappa shape index (κ3) is 3.99. The number of carbonyl (C=O) groups is 2. The summed E-state index contributed by atoms with van der Waals surface area (Å²) in [5, 5.41) is 2.49. The quantitative estimate of drug-likeness (QED) is 0.902. The number of amides is 2. The van der Waals surface area contributed by atoms with Crippen molar-refractivity contribution in [2.75, 3.05) is 11.1 Å². The molecule has 0 aromatic heterocycles. The zero-order valence-electron chi connectivity index (χ0n) is 13.5. The van der Waals surface area contributed by atoms with E-state index >= 15 is 0 Å². The number of hydrogen-bond acceptors (Lipinski definition) is 3. The predicted molar refractivity (Wildman–Crippen MR) is 92.9 cm³/mol. The zero-order valence-corrected chi connectivity index (χ0v) is 14.3. The molecule has 7 heteroatoms. The van der Waals surface area contributed by atoms with Crippen LogP contribution in [0.2, 0.25) is 0 Å². The van der Waals surface area contributed by atoms with Crippen molar-refractivity contribution in [2.24, 2.45) is 0 Å². The first-order valence-corrected chi connectivity index (χ1v) is 8.71. The van der Waals surface area contributed by atoms with Crippen molar-refractivity contribution in [1.82, 2.24) is 4.90 Å². The number of nitrogens with one attached hydrogen (secondary N) is 1. The molecule has 1 aliphatic heterocycles. The summed E-state index contributed by atoms with van der Waals surface area (Å²) in [6.45, 7) is 1.64. The Bertz CT molecular complexity index is 811. The highest BCUT2D eigenvalue weighted by Crippen LogP contribution is 2.39. The Balaban J connectivity index is 1.79. The SMILES string of the molecule is CC(=O)Nc1ccc(C2SCC(=O)N2Cc2ccc(F)c(F)c2)cc1. The molecule has 0 saturated carbocycles. The zero-order chi connectivity index (χ0) is 18.0. The van der Waals surface area contributed by atoms with Gasteiger partial charge in [-0.3, -0.25) is 9.59 Å². The number of anilines is 1. The van der Waals surface area contributed by atoms with Gasteiger partial charge in [-0.2, -0.15) is 0 Å². The summed E-state index contributed by atoms with van der Waals surface area (Å²) < 4.78 is 26.5. The van der Waals surface area contributed by atoms with Gasteiger partial charge in [0.15, 0.2) is 11.6 Å². The number of carbonyl (C=O) groups excluding carboxylic acids is 2. The highest BCUT2D eigenvalue weighted by molar-refractivity contribution is 8.00. The minimum atomic E-state index is -0.923. The summed E-state index contributed by atoms with van der Waals surface area (Å²) in [4.78, 5) is 24.9. The van der Waals surface area contributed by atoms with Crippen LogP contribution in [-0.4, -0.2) is 22.5 Å². The van der Waals surface area contributed by atoms with Crippen molar-refractivity contribution >= 4 is 29.3 Å². The van der Waals surface area contributed by atoms with E-state index in [0.717, 1.165) is 17.7 Å². The smallest absolute Gasteiger partial charge is 0.234 e. The van der Waals surface area contributed by atoms with E-state index in [1.54, 1.807) is 17.0 Å². The molecule has 1 fully saturated rings. The molecular weight excluding hydrogens is 346 g/mol. The molecule has 130 valence electrons.